The van der Waals surface area contributed by atoms with Gasteiger partial charge >= 0.3 is 0 Å². The Hall–Kier alpha value is -1.39. The van der Waals surface area contributed by atoms with Crippen molar-refractivity contribution < 1.29 is 9.13 Å². The van der Waals surface area contributed by atoms with Crippen molar-refractivity contribution in [2.45, 2.75) is 13.2 Å². The van der Waals surface area contributed by atoms with Crippen LogP contribution in [0.5, 0.6) is 5.75 Å². The summed E-state index contributed by atoms with van der Waals surface area (Å²) in [5.74, 6) is 0.488. The number of hydrogen-bond acceptors (Lipinski definition) is 2. The van der Waals surface area contributed by atoms with Crippen molar-refractivity contribution in [2.75, 3.05) is 0 Å². The number of ether oxygens (including phenoxy) is 1. The SMILES string of the molecule is NCc1cccc(OCc2ccc(F)c(Br)c2)c1. The summed E-state index contributed by atoms with van der Waals surface area (Å²) >= 11 is 3.15. The van der Waals surface area contributed by atoms with Crippen molar-refractivity contribution in [1.82, 2.24) is 0 Å². The first-order valence-corrected chi connectivity index (χ1v) is 6.34. The molecule has 0 aliphatic heterocycles. The molecule has 0 saturated carbocycles. The Kier molecular flexibility index (Phi) is 4.33. The van der Waals surface area contributed by atoms with E-state index in [1.807, 2.05) is 24.3 Å². The fraction of sp³-hybridized carbons (Fsp3) is 0.143. The summed E-state index contributed by atoms with van der Waals surface area (Å²) in [6.45, 7) is 0.881. The molecule has 2 N–H and O–H groups in total. The van der Waals surface area contributed by atoms with Crippen LogP contribution in [0.3, 0.4) is 0 Å². The first-order valence-electron chi connectivity index (χ1n) is 5.55. The zero-order valence-corrected chi connectivity index (χ0v) is 11.3. The summed E-state index contributed by atoms with van der Waals surface area (Å²) in [7, 11) is 0. The van der Waals surface area contributed by atoms with Gasteiger partial charge in [-0.25, -0.2) is 4.39 Å². The third kappa shape index (κ3) is 3.31. The maximum absolute atomic E-state index is 13.1. The predicted octanol–water partition coefficient (Wildman–Crippen LogP) is 3.63. The van der Waals surface area contributed by atoms with E-state index in [0.717, 1.165) is 16.9 Å². The minimum Gasteiger partial charge on any atom is -0.489 e. The molecule has 0 fully saturated rings. The lowest BCUT2D eigenvalue weighted by Gasteiger charge is -2.08. The molecule has 4 heteroatoms. The van der Waals surface area contributed by atoms with E-state index in [2.05, 4.69) is 15.9 Å². The van der Waals surface area contributed by atoms with E-state index in [1.54, 1.807) is 12.1 Å². The quantitative estimate of drug-likeness (QED) is 0.936. The molecule has 0 spiro atoms. The van der Waals surface area contributed by atoms with Gasteiger partial charge in [0.2, 0.25) is 0 Å². The molecule has 0 unspecified atom stereocenters. The summed E-state index contributed by atoms with van der Waals surface area (Å²) in [6.07, 6.45) is 0. The summed E-state index contributed by atoms with van der Waals surface area (Å²) in [6, 6.07) is 12.4. The lowest BCUT2D eigenvalue weighted by atomic mass is 10.2. The first-order chi connectivity index (χ1) is 8.69. The third-order valence-corrected chi connectivity index (χ3v) is 3.13. The zero-order chi connectivity index (χ0) is 13.0. The maximum Gasteiger partial charge on any atom is 0.137 e. The highest BCUT2D eigenvalue weighted by Crippen LogP contribution is 2.19. The molecular formula is C14H13BrFNO. The zero-order valence-electron chi connectivity index (χ0n) is 9.70. The van der Waals surface area contributed by atoms with Gasteiger partial charge in [-0.2, -0.15) is 0 Å². The van der Waals surface area contributed by atoms with E-state index in [-0.39, 0.29) is 5.82 Å². The Morgan fingerprint density at radius 3 is 2.67 bits per heavy atom. The number of rotatable bonds is 4. The number of hydrogen-bond donors (Lipinski definition) is 1. The van der Waals surface area contributed by atoms with Crippen molar-refractivity contribution in [3.8, 4) is 5.75 Å². The number of nitrogens with two attached hydrogens (primary N) is 1. The molecule has 0 aliphatic carbocycles. The van der Waals surface area contributed by atoms with Gasteiger partial charge in [0.25, 0.3) is 0 Å². The molecule has 0 aromatic heterocycles. The van der Waals surface area contributed by atoms with Crippen LogP contribution in [-0.2, 0) is 13.2 Å². The average Bonchev–Trinajstić information content (AvgIpc) is 2.40. The van der Waals surface area contributed by atoms with E-state index in [4.69, 9.17) is 10.5 Å². The molecular weight excluding hydrogens is 297 g/mol. The normalized spacial score (nSPS) is 10.4. The van der Waals surface area contributed by atoms with Gasteiger partial charge in [0.05, 0.1) is 4.47 Å². The molecule has 0 aliphatic rings. The van der Waals surface area contributed by atoms with Crippen LogP contribution in [0.15, 0.2) is 46.9 Å². The minimum absolute atomic E-state index is 0.274. The second kappa shape index (κ2) is 5.98. The highest BCUT2D eigenvalue weighted by Gasteiger charge is 2.02. The van der Waals surface area contributed by atoms with Gasteiger partial charge in [-0.1, -0.05) is 18.2 Å². The molecule has 0 atom stereocenters. The van der Waals surface area contributed by atoms with Crippen molar-refractivity contribution in [3.63, 3.8) is 0 Å². The summed E-state index contributed by atoms with van der Waals surface area (Å²) < 4.78 is 19.1. The second-order valence-corrected chi connectivity index (χ2v) is 4.74. The first kappa shape index (κ1) is 13.1. The Bertz CT molecular complexity index is 545. The Morgan fingerprint density at radius 1 is 1.11 bits per heavy atom. The van der Waals surface area contributed by atoms with E-state index in [1.165, 1.54) is 6.07 Å². The van der Waals surface area contributed by atoms with Gasteiger partial charge in [0, 0.05) is 6.54 Å². The van der Waals surface area contributed by atoms with Crippen LogP contribution >= 0.6 is 15.9 Å². The third-order valence-electron chi connectivity index (χ3n) is 2.52. The minimum atomic E-state index is -0.274. The molecule has 0 heterocycles. The Morgan fingerprint density at radius 2 is 1.94 bits per heavy atom. The lowest BCUT2D eigenvalue weighted by Crippen LogP contribution is -1.99. The van der Waals surface area contributed by atoms with E-state index < -0.39 is 0 Å². The molecule has 0 amide bonds. The predicted molar refractivity (Wildman–Crippen MR) is 72.8 cm³/mol. The topological polar surface area (TPSA) is 35.2 Å². The number of halogens is 2. The summed E-state index contributed by atoms with van der Waals surface area (Å²) in [4.78, 5) is 0. The van der Waals surface area contributed by atoms with Gasteiger partial charge in [-0.3, -0.25) is 0 Å². The Labute approximate surface area is 114 Å². The van der Waals surface area contributed by atoms with Gasteiger partial charge in [0.15, 0.2) is 0 Å². The molecule has 94 valence electrons. The molecule has 2 aromatic carbocycles. The van der Waals surface area contributed by atoms with Crippen LogP contribution in [0.25, 0.3) is 0 Å². The molecule has 2 aromatic rings. The highest BCUT2D eigenvalue weighted by molar-refractivity contribution is 9.10. The molecule has 0 saturated heterocycles. The molecule has 2 nitrogen and oxygen atoms in total. The largest absolute Gasteiger partial charge is 0.489 e. The van der Waals surface area contributed by atoms with Crippen molar-refractivity contribution in [1.29, 1.82) is 0 Å². The van der Waals surface area contributed by atoms with Crippen LogP contribution in [0.1, 0.15) is 11.1 Å². The standard InChI is InChI=1S/C14H13BrFNO/c15-13-7-11(4-5-14(13)16)9-18-12-3-1-2-10(6-12)8-17/h1-7H,8-9,17H2. The fourth-order valence-electron chi connectivity index (χ4n) is 1.56. The molecule has 2 rings (SSSR count). The van der Waals surface area contributed by atoms with Crippen LogP contribution in [-0.4, -0.2) is 0 Å². The van der Waals surface area contributed by atoms with Crippen molar-refractivity contribution >= 4 is 15.9 Å². The lowest BCUT2D eigenvalue weighted by molar-refractivity contribution is 0.305. The van der Waals surface area contributed by atoms with Crippen LogP contribution < -0.4 is 10.5 Å². The summed E-state index contributed by atoms with van der Waals surface area (Å²) in [5, 5.41) is 0. The van der Waals surface area contributed by atoms with Crippen LogP contribution in [0.4, 0.5) is 4.39 Å². The molecule has 0 radical (unpaired) electrons. The van der Waals surface area contributed by atoms with E-state index >= 15 is 0 Å². The van der Waals surface area contributed by atoms with Gasteiger partial charge < -0.3 is 10.5 Å². The monoisotopic (exact) mass is 309 g/mol. The van der Waals surface area contributed by atoms with Gasteiger partial charge in [-0.05, 0) is 51.3 Å². The molecule has 0 bridgehead atoms. The van der Waals surface area contributed by atoms with Crippen molar-refractivity contribution in [3.05, 3.63) is 63.9 Å². The molecule has 18 heavy (non-hydrogen) atoms. The van der Waals surface area contributed by atoms with E-state index in [0.29, 0.717) is 17.6 Å². The summed E-state index contributed by atoms with van der Waals surface area (Å²) in [5.41, 5.74) is 7.48. The van der Waals surface area contributed by atoms with Gasteiger partial charge in [0.1, 0.15) is 18.2 Å². The Balaban J connectivity index is 2.04. The van der Waals surface area contributed by atoms with Crippen LogP contribution in [0.2, 0.25) is 0 Å². The van der Waals surface area contributed by atoms with Crippen LogP contribution in [0, 0.1) is 5.82 Å². The average molecular weight is 310 g/mol. The van der Waals surface area contributed by atoms with Crippen molar-refractivity contribution in [2.24, 2.45) is 5.73 Å². The number of benzene rings is 2. The second-order valence-electron chi connectivity index (χ2n) is 3.89. The van der Waals surface area contributed by atoms with Gasteiger partial charge in [-0.15, -0.1) is 0 Å². The smallest absolute Gasteiger partial charge is 0.137 e. The fourth-order valence-corrected chi connectivity index (χ4v) is 1.98. The maximum atomic E-state index is 13.1. The van der Waals surface area contributed by atoms with E-state index in [9.17, 15) is 4.39 Å². The highest BCUT2D eigenvalue weighted by atomic mass is 79.9.